The lowest BCUT2D eigenvalue weighted by Gasteiger charge is -2.12. The number of aliphatic hydroxyl groups excluding tert-OH is 1. The Kier molecular flexibility index (Phi) is 6.12. The van der Waals surface area contributed by atoms with Crippen LogP contribution in [0.25, 0.3) is 6.08 Å². The Labute approximate surface area is 131 Å². The highest BCUT2D eigenvalue weighted by Gasteiger charge is 2.06. The molecule has 0 spiro atoms. The predicted molar refractivity (Wildman–Crippen MR) is 84.3 cm³/mol. The molecule has 0 saturated carbocycles. The molecule has 0 saturated heterocycles. The van der Waals surface area contributed by atoms with E-state index >= 15 is 0 Å². The summed E-state index contributed by atoms with van der Waals surface area (Å²) in [7, 11) is 0. The van der Waals surface area contributed by atoms with E-state index in [0.717, 1.165) is 4.88 Å². The van der Waals surface area contributed by atoms with Gasteiger partial charge in [0.25, 0.3) is 0 Å². The lowest BCUT2D eigenvalue weighted by molar-refractivity contribution is -0.117. The topological polar surface area (TPSA) is 58.6 Å². The van der Waals surface area contributed by atoms with Crippen molar-refractivity contribution in [2.45, 2.75) is 6.10 Å². The van der Waals surface area contributed by atoms with Crippen molar-refractivity contribution in [1.82, 2.24) is 5.32 Å². The summed E-state index contributed by atoms with van der Waals surface area (Å²) in [4.78, 5) is 12.5. The fourth-order valence-corrected chi connectivity index (χ4v) is 2.22. The summed E-state index contributed by atoms with van der Waals surface area (Å²) in [6.07, 6.45) is 2.28. The molecule has 0 aliphatic carbocycles. The van der Waals surface area contributed by atoms with E-state index in [0.29, 0.717) is 5.75 Å². The Morgan fingerprint density at radius 2 is 2.14 bits per heavy atom. The molecular weight excluding hydrogens is 305 g/mol. The van der Waals surface area contributed by atoms with Crippen LogP contribution in [0, 0.1) is 5.82 Å². The van der Waals surface area contributed by atoms with Crippen LogP contribution in [0.15, 0.2) is 47.9 Å². The first kappa shape index (κ1) is 16.2. The average molecular weight is 321 g/mol. The van der Waals surface area contributed by atoms with Crippen LogP contribution in [0.1, 0.15) is 4.88 Å². The summed E-state index contributed by atoms with van der Waals surface area (Å²) in [5, 5.41) is 14.2. The normalized spacial score (nSPS) is 12.3. The third-order valence-electron chi connectivity index (χ3n) is 2.71. The van der Waals surface area contributed by atoms with Gasteiger partial charge in [0.15, 0.2) is 0 Å². The highest BCUT2D eigenvalue weighted by molar-refractivity contribution is 7.10. The van der Waals surface area contributed by atoms with Gasteiger partial charge in [0, 0.05) is 17.5 Å². The first-order chi connectivity index (χ1) is 10.6. The molecule has 1 aromatic heterocycles. The van der Waals surface area contributed by atoms with Gasteiger partial charge in [-0.25, -0.2) is 4.39 Å². The van der Waals surface area contributed by atoms with E-state index in [9.17, 15) is 14.3 Å². The molecule has 0 fully saturated rings. The number of aliphatic hydroxyl groups is 1. The first-order valence-electron chi connectivity index (χ1n) is 6.69. The number of hydrogen-bond donors (Lipinski definition) is 2. The Morgan fingerprint density at radius 3 is 2.82 bits per heavy atom. The molecule has 2 rings (SSSR count). The largest absolute Gasteiger partial charge is 0.491 e. The third kappa shape index (κ3) is 5.67. The van der Waals surface area contributed by atoms with E-state index in [1.54, 1.807) is 6.08 Å². The Balaban J connectivity index is 1.67. The van der Waals surface area contributed by atoms with E-state index in [4.69, 9.17) is 4.74 Å². The smallest absolute Gasteiger partial charge is 0.244 e. The lowest BCUT2D eigenvalue weighted by atomic mass is 10.3. The van der Waals surface area contributed by atoms with Crippen LogP contribution in [-0.2, 0) is 4.79 Å². The predicted octanol–water partition coefficient (Wildman–Crippen LogP) is 2.46. The maximum absolute atomic E-state index is 12.7. The van der Waals surface area contributed by atoms with Crippen LogP contribution in [0.4, 0.5) is 4.39 Å². The van der Waals surface area contributed by atoms with Crippen molar-refractivity contribution in [2.75, 3.05) is 13.2 Å². The molecule has 1 atom stereocenters. The van der Waals surface area contributed by atoms with Crippen LogP contribution in [0.3, 0.4) is 0 Å². The van der Waals surface area contributed by atoms with Crippen molar-refractivity contribution in [3.8, 4) is 5.75 Å². The number of hydrogen-bond acceptors (Lipinski definition) is 4. The molecular formula is C16H16FNO3S. The Hall–Kier alpha value is -2.18. The van der Waals surface area contributed by atoms with Gasteiger partial charge in [0.05, 0.1) is 0 Å². The van der Waals surface area contributed by atoms with Gasteiger partial charge < -0.3 is 15.2 Å². The molecule has 1 amide bonds. The number of thiophene rings is 1. The van der Waals surface area contributed by atoms with Crippen molar-refractivity contribution in [1.29, 1.82) is 0 Å². The zero-order valence-electron chi connectivity index (χ0n) is 11.7. The minimum atomic E-state index is -0.843. The van der Waals surface area contributed by atoms with E-state index in [1.165, 1.54) is 41.7 Å². The highest BCUT2D eigenvalue weighted by Crippen LogP contribution is 2.11. The molecule has 6 heteroatoms. The van der Waals surface area contributed by atoms with Gasteiger partial charge in [-0.05, 0) is 41.8 Å². The monoisotopic (exact) mass is 321 g/mol. The number of rotatable bonds is 7. The maximum atomic E-state index is 12.7. The second-order valence-corrected chi connectivity index (χ2v) is 5.49. The molecule has 116 valence electrons. The molecule has 0 bridgehead atoms. The van der Waals surface area contributed by atoms with Gasteiger partial charge in [-0.1, -0.05) is 6.07 Å². The molecule has 4 nitrogen and oxygen atoms in total. The maximum Gasteiger partial charge on any atom is 0.244 e. The average Bonchev–Trinajstić information content (AvgIpc) is 3.04. The van der Waals surface area contributed by atoms with Crippen LogP contribution < -0.4 is 10.1 Å². The summed E-state index contributed by atoms with van der Waals surface area (Å²) in [6, 6.07) is 9.31. The first-order valence-corrected chi connectivity index (χ1v) is 7.57. The Bertz CT molecular complexity index is 611. The third-order valence-corrected chi connectivity index (χ3v) is 3.55. The molecule has 1 heterocycles. The molecule has 2 N–H and O–H groups in total. The van der Waals surface area contributed by atoms with Crippen molar-refractivity contribution >= 4 is 23.3 Å². The van der Waals surface area contributed by atoms with Gasteiger partial charge in [-0.2, -0.15) is 0 Å². The fraction of sp³-hybridized carbons (Fsp3) is 0.188. The number of amides is 1. The van der Waals surface area contributed by atoms with E-state index < -0.39 is 6.10 Å². The summed E-state index contributed by atoms with van der Waals surface area (Å²) >= 11 is 1.53. The van der Waals surface area contributed by atoms with Crippen molar-refractivity contribution in [3.63, 3.8) is 0 Å². The van der Waals surface area contributed by atoms with Gasteiger partial charge in [-0.3, -0.25) is 4.79 Å². The standard InChI is InChI=1S/C16H16FNO3S/c17-12-3-5-14(6-4-12)21-11-13(19)10-18-16(20)8-7-15-2-1-9-22-15/h1-9,13,19H,10-11H2,(H,18,20)/b8-7+. The minimum Gasteiger partial charge on any atom is -0.491 e. The zero-order valence-corrected chi connectivity index (χ0v) is 12.6. The van der Waals surface area contributed by atoms with E-state index in [2.05, 4.69) is 5.32 Å². The summed E-state index contributed by atoms with van der Waals surface area (Å²) in [5.74, 6) is -0.170. The molecule has 22 heavy (non-hydrogen) atoms. The second-order valence-electron chi connectivity index (χ2n) is 4.51. The molecule has 1 aromatic carbocycles. The number of ether oxygens (including phenoxy) is 1. The molecule has 0 aliphatic heterocycles. The highest BCUT2D eigenvalue weighted by atomic mass is 32.1. The number of nitrogens with one attached hydrogen (secondary N) is 1. The quantitative estimate of drug-likeness (QED) is 0.770. The number of benzene rings is 1. The molecule has 1 unspecified atom stereocenters. The minimum absolute atomic E-state index is 0.0144. The molecule has 0 aliphatic rings. The van der Waals surface area contributed by atoms with Crippen molar-refractivity contribution < 1.29 is 19.0 Å². The van der Waals surface area contributed by atoms with E-state index in [1.807, 2.05) is 17.5 Å². The Morgan fingerprint density at radius 1 is 1.36 bits per heavy atom. The summed E-state index contributed by atoms with van der Waals surface area (Å²) in [5.41, 5.74) is 0. The van der Waals surface area contributed by atoms with Crippen LogP contribution >= 0.6 is 11.3 Å². The van der Waals surface area contributed by atoms with Gasteiger partial charge in [0.2, 0.25) is 5.91 Å². The van der Waals surface area contributed by atoms with Crippen LogP contribution in [0.2, 0.25) is 0 Å². The van der Waals surface area contributed by atoms with Gasteiger partial charge in [-0.15, -0.1) is 11.3 Å². The zero-order chi connectivity index (χ0) is 15.8. The van der Waals surface area contributed by atoms with Gasteiger partial charge in [0.1, 0.15) is 24.3 Å². The fourth-order valence-electron chi connectivity index (χ4n) is 1.60. The van der Waals surface area contributed by atoms with Gasteiger partial charge >= 0.3 is 0 Å². The van der Waals surface area contributed by atoms with E-state index in [-0.39, 0.29) is 24.9 Å². The van der Waals surface area contributed by atoms with Crippen molar-refractivity contribution in [2.24, 2.45) is 0 Å². The number of halogens is 1. The summed E-state index contributed by atoms with van der Waals surface area (Å²) in [6.45, 7) is 0.0926. The van der Waals surface area contributed by atoms with Crippen LogP contribution in [-0.4, -0.2) is 30.3 Å². The molecule has 2 aromatic rings. The van der Waals surface area contributed by atoms with Crippen LogP contribution in [0.5, 0.6) is 5.75 Å². The molecule has 0 radical (unpaired) electrons. The lowest BCUT2D eigenvalue weighted by Crippen LogP contribution is -2.34. The number of carbonyl (C=O) groups is 1. The summed E-state index contributed by atoms with van der Waals surface area (Å²) < 4.78 is 18.0. The second kappa shape index (κ2) is 8.31. The SMILES string of the molecule is O=C(/C=C/c1cccs1)NCC(O)COc1ccc(F)cc1. The van der Waals surface area contributed by atoms with Crippen molar-refractivity contribution in [3.05, 3.63) is 58.5 Å². The number of carbonyl (C=O) groups excluding carboxylic acids is 1.